The molecule has 1 atom stereocenters. The van der Waals surface area contributed by atoms with Gasteiger partial charge < -0.3 is 20.7 Å². The van der Waals surface area contributed by atoms with Crippen molar-refractivity contribution in [2.75, 3.05) is 0 Å². The zero-order valence-electron chi connectivity index (χ0n) is 12.4. The Hall–Kier alpha value is -2.92. The predicted molar refractivity (Wildman–Crippen MR) is 92.4 cm³/mol. The number of carbonyl (C=O) groups excluding carboxylic acids is 2. The largest absolute Gasteiger partial charge is 0.494 e. The fraction of sp³-hybridized carbons (Fsp3) is 0.143. The molecule has 1 aliphatic rings. The molecule has 1 fully saturated rings. The molecule has 3 heterocycles. The maximum absolute atomic E-state index is 12.4. The normalized spacial score (nSPS) is 16.2. The van der Waals surface area contributed by atoms with E-state index in [1.807, 2.05) is 0 Å². The molecule has 1 saturated heterocycles. The number of pyridine rings is 1. The first-order valence-electron chi connectivity index (χ1n) is 6.99. The fourth-order valence-electron chi connectivity index (χ4n) is 2.70. The Labute approximate surface area is 150 Å². The smallest absolute Gasteiger partial charge is 0.259 e. The van der Waals surface area contributed by atoms with E-state index < -0.39 is 35.1 Å². The van der Waals surface area contributed by atoms with Gasteiger partial charge in [-0.25, -0.2) is 0 Å². The van der Waals surface area contributed by atoms with E-state index in [2.05, 4.69) is 25.6 Å². The minimum absolute atomic E-state index is 0.0848. The Morgan fingerprint density at radius 1 is 1.04 bits per heavy atom. The van der Waals surface area contributed by atoms with E-state index in [1.165, 1.54) is 12.4 Å². The summed E-state index contributed by atoms with van der Waals surface area (Å²) in [5.41, 5.74) is -0.468. The second-order valence-corrected chi connectivity index (χ2v) is 6.03. The third kappa shape index (κ3) is 3.19. The van der Waals surface area contributed by atoms with Crippen LogP contribution in [0.25, 0.3) is 0 Å². The lowest BCUT2D eigenvalue weighted by atomic mass is 9.80. The van der Waals surface area contributed by atoms with E-state index in [-0.39, 0.29) is 15.4 Å². The number of thiocarbonyl (C=S) groups is 1. The number of H-pyrrole nitrogens is 2. The summed E-state index contributed by atoms with van der Waals surface area (Å²) in [6.45, 7) is 0. The highest BCUT2D eigenvalue weighted by atomic mass is 32.1. The van der Waals surface area contributed by atoms with Gasteiger partial charge in [0.25, 0.3) is 5.56 Å². The van der Waals surface area contributed by atoms with Crippen molar-refractivity contribution in [2.24, 2.45) is 5.92 Å². The monoisotopic (exact) mass is 377 g/mol. The van der Waals surface area contributed by atoms with E-state index in [1.54, 1.807) is 12.1 Å². The third-order valence-electron chi connectivity index (χ3n) is 3.71. The first-order chi connectivity index (χ1) is 11.9. The van der Waals surface area contributed by atoms with Crippen LogP contribution < -0.4 is 16.2 Å². The van der Waals surface area contributed by atoms with Crippen LogP contribution in [0.15, 0.2) is 29.3 Å². The van der Waals surface area contributed by atoms with Crippen molar-refractivity contribution in [2.45, 2.75) is 5.92 Å². The number of hydrogen-bond donors (Lipinski definition) is 5. The first-order valence-corrected chi connectivity index (χ1v) is 7.81. The summed E-state index contributed by atoms with van der Waals surface area (Å²) in [7, 11) is 0. The standard InChI is InChI=1S/C14H11N5O4S2/c20-9-7(10(21)17-13(24)16-9)6(5-1-3-15-4-2-5)8-11(22)18-14(25)19-12(8)23/h1-4,6-7H,(H2,16,17,20,21,24)(H3,18,19,22,23,25). The molecule has 0 saturated carbocycles. The molecule has 1 aliphatic heterocycles. The number of aromatic amines is 2. The summed E-state index contributed by atoms with van der Waals surface area (Å²) in [5.74, 6) is -4.30. The summed E-state index contributed by atoms with van der Waals surface area (Å²) in [4.78, 5) is 45.8. The Kier molecular flexibility index (Phi) is 4.42. The fourth-order valence-corrected chi connectivity index (χ4v) is 3.09. The molecule has 2 aromatic rings. The average molecular weight is 377 g/mol. The van der Waals surface area contributed by atoms with Gasteiger partial charge in [0.05, 0.1) is 5.56 Å². The quantitative estimate of drug-likeness (QED) is 0.369. The molecule has 2 amide bonds. The maximum Gasteiger partial charge on any atom is 0.259 e. The molecule has 0 aromatic carbocycles. The molecule has 2 aromatic heterocycles. The zero-order valence-corrected chi connectivity index (χ0v) is 14.0. The average Bonchev–Trinajstić information content (AvgIpc) is 2.52. The molecule has 0 bridgehead atoms. The molecule has 0 aliphatic carbocycles. The van der Waals surface area contributed by atoms with E-state index in [9.17, 15) is 19.5 Å². The van der Waals surface area contributed by atoms with Gasteiger partial charge in [-0.05, 0) is 42.1 Å². The van der Waals surface area contributed by atoms with Crippen molar-refractivity contribution in [3.8, 4) is 5.88 Å². The van der Waals surface area contributed by atoms with Gasteiger partial charge in [0, 0.05) is 18.3 Å². The van der Waals surface area contributed by atoms with Gasteiger partial charge in [0.1, 0.15) is 5.92 Å². The number of amides is 2. The van der Waals surface area contributed by atoms with E-state index in [4.69, 9.17) is 24.4 Å². The van der Waals surface area contributed by atoms with Gasteiger partial charge in [0.15, 0.2) is 15.8 Å². The van der Waals surface area contributed by atoms with Crippen molar-refractivity contribution in [1.29, 1.82) is 0 Å². The molecular formula is C14H11N5O4S2. The van der Waals surface area contributed by atoms with Crippen LogP contribution in [0.1, 0.15) is 17.0 Å². The number of nitrogens with one attached hydrogen (secondary N) is 4. The lowest BCUT2D eigenvalue weighted by Crippen LogP contribution is -2.57. The van der Waals surface area contributed by atoms with Gasteiger partial charge in [-0.2, -0.15) is 0 Å². The summed E-state index contributed by atoms with van der Waals surface area (Å²) in [6, 6.07) is 3.08. The molecule has 3 rings (SSSR count). The number of hydrogen-bond acceptors (Lipinski definition) is 7. The van der Waals surface area contributed by atoms with Gasteiger partial charge >= 0.3 is 0 Å². The van der Waals surface area contributed by atoms with Crippen molar-refractivity contribution >= 4 is 41.4 Å². The number of nitrogens with zero attached hydrogens (tertiary/aromatic N) is 1. The number of aromatic hydroxyl groups is 1. The number of rotatable bonds is 3. The van der Waals surface area contributed by atoms with Crippen LogP contribution in [0.4, 0.5) is 0 Å². The van der Waals surface area contributed by atoms with Gasteiger partial charge in [-0.15, -0.1) is 0 Å². The Morgan fingerprint density at radius 2 is 1.64 bits per heavy atom. The minimum Gasteiger partial charge on any atom is -0.494 e. The Balaban J connectivity index is 2.24. The third-order valence-corrected chi connectivity index (χ3v) is 4.11. The van der Waals surface area contributed by atoms with Crippen molar-refractivity contribution < 1.29 is 14.7 Å². The number of aromatic nitrogens is 3. The van der Waals surface area contributed by atoms with Crippen LogP contribution in [0.3, 0.4) is 0 Å². The van der Waals surface area contributed by atoms with Crippen LogP contribution in [0.2, 0.25) is 0 Å². The van der Waals surface area contributed by atoms with Crippen LogP contribution in [-0.2, 0) is 9.59 Å². The molecular weight excluding hydrogens is 366 g/mol. The second-order valence-electron chi connectivity index (χ2n) is 5.21. The summed E-state index contributed by atoms with van der Waals surface area (Å²) in [5, 5.41) is 14.8. The molecule has 0 radical (unpaired) electrons. The maximum atomic E-state index is 12.4. The Bertz CT molecular complexity index is 965. The lowest BCUT2D eigenvalue weighted by Gasteiger charge is -2.29. The minimum atomic E-state index is -1.33. The van der Waals surface area contributed by atoms with Crippen LogP contribution in [0, 0.1) is 10.7 Å². The lowest BCUT2D eigenvalue weighted by molar-refractivity contribution is -0.135. The summed E-state index contributed by atoms with van der Waals surface area (Å²) >= 11 is 9.60. The second kappa shape index (κ2) is 6.53. The predicted octanol–water partition coefficient (Wildman–Crippen LogP) is -0.188. The van der Waals surface area contributed by atoms with Crippen molar-refractivity contribution in [3.63, 3.8) is 0 Å². The van der Waals surface area contributed by atoms with Gasteiger partial charge in [-0.3, -0.25) is 24.4 Å². The van der Waals surface area contributed by atoms with Crippen molar-refractivity contribution in [3.05, 3.63) is 50.8 Å². The van der Waals surface area contributed by atoms with Crippen LogP contribution in [-0.4, -0.2) is 37.0 Å². The molecule has 25 heavy (non-hydrogen) atoms. The van der Waals surface area contributed by atoms with E-state index in [0.29, 0.717) is 5.56 Å². The molecule has 5 N–H and O–H groups in total. The topological polar surface area (TPSA) is 140 Å². The Morgan fingerprint density at radius 3 is 2.20 bits per heavy atom. The summed E-state index contributed by atoms with van der Waals surface area (Å²) in [6.07, 6.45) is 2.89. The number of carbonyl (C=O) groups is 2. The zero-order chi connectivity index (χ0) is 18.1. The molecule has 11 heteroatoms. The van der Waals surface area contributed by atoms with Gasteiger partial charge in [-0.1, -0.05) is 0 Å². The highest BCUT2D eigenvalue weighted by Crippen LogP contribution is 2.34. The van der Waals surface area contributed by atoms with E-state index >= 15 is 0 Å². The van der Waals surface area contributed by atoms with Crippen LogP contribution >= 0.6 is 24.4 Å². The molecule has 0 spiro atoms. The molecule has 1 unspecified atom stereocenters. The van der Waals surface area contributed by atoms with E-state index in [0.717, 1.165) is 0 Å². The van der Waals surface area contributed by atoms with Crippen molar-refractivity contribution in [1.82, 2.24) is 25.6 Å². The summed E-state index contributed by atoms with van der Waals surface area (Å²) < 4.78 is -0.0848. The first kappa shape index (κ1) is 16.9. The van der Waals surface area contributed by atoms with Crippen LogP contribution in [0.5, 0.6) is 5.88 Å². The molecule has 128 valence electrons. The molecule has 9 nitrogen and oxygen atoms in total. The van der Waals surface area contributed by atoms with Gasteiger partial charge in [0.2, 0.25) is 11.8 Å². The highest BCUT2D eigenvalue weighted by molar-refractivity contribution is 7.80. The SMILES string of the molecule is O=C1NC(=S)NC(=O)C1C(c1ccncc1)c1c(O)[nH]c(=S)[nH]c1=O. The highest BCUT2D eigenvalue weighted by Gasteiger charge is 2.42.